The Hall–Kier alpha value is -2.03. The van der Waals surface area contributed by atoms with E-state index >= 15 is 0 Å². The molecule has 0 aromatic rings. The van der Waals surface area contributed by atoms with Crippen LogP contribution in [-0.2, 0) is 28.6 Å². The standard InChI is InChI=1S/C12H14O6/c1-5-9(18-7(2)13)8-6-12(8,10(14)16-3)11(15)17-4/h1,8-9H,6H2,2-4H3. The minimum Gasteiger partial charge on any atom is -0.468 e. The van der Waals surface area contributed by atoms with Crippen LogP contribution in [0.4, 0.5) is 0 Å². The lowest BCUT2D eigenvalue weighted by molar-refractivity contribution is -0.164. The van der Waals surface area contributed by atoms with Crippen LogP contribution in [0.15, 0.2) is 0 Å². The molecule has 1 aliphatic carbocycles. The summed E-state index contributed by atoms with van der Waals surface area (Å²) >= 11 is 0. The third-order valence-electron chi connectivity index (χ3n) is 2.94. The van der Waals surface area contributed by atoms with Gasteiger partial charge in [0.2, 0.25) is 0 Å². The Morgan fingerprint density at radius 2 is 1.78 bits per heavy atom. The van der Waals surface area contributed by atoms with E-state index in [1.54, 1.807) is 0 Å². The maximum atomic E-state index is 11.7. The van der Waals surface area contributed by atoms with Crippen LogP contribution in [0.5, 0.6) is 0 Å². The fourth-order valence-electron chi connectivity index (χ4n) is 1.98. The van der Waals surface area contributed by atoms with Crippen molar-refractivity contribution in [3.05, 3.63) is 0 Å². The molecule has 98 valence electrons. The number of hydrogen-bond donors (Lipinski definition) is 0. The summed E-state index contributed by atoms with van der Waals surface area (Å²) in [5, 5.41) is 0. The first kappa shape index (κ1) is 14.0. The molecule has 0 spiro atoms. The van der Waals surface area contributed by atoms with Crippen molar-refractivity contribution in [3.8, 4) is 12.3 Å². The van der Waals surface area contributed by atoms with Crippen molar-refractivity contribution in [1.82, 2.24) is 0 Å². The average Bonchev–Trinajstić information content (AvgIpc) is 3.10. The molecule has 2 atom stereocenters. The molecule has 6 nitrogen and oxygen atoms in total. The Bertz CT molecular complexity index is 403. The van der Waals surface area contributed by atoms with Gasteiger partial charge in [-0.3, -0.25) is 14.4 Å². The minimum absolute atomic E-state index is 0.147. The SMILES string of the molecule is C#CC(OC(C)=O)C1CC1(C(=O)OC)C(=O)OC. The maximum Gasteiger partial charge on any atom is 0.323 e. The van der Waals surface area contributed by atoms with Crippen LogP contribution in [0.2, 0.25) is 0 Å². The van der Waals surface area contributed by atoms with Crippen molar-refractivity contribution in [2.75, 3.05) is 14.2 Å². The summed E-state index contributed by atoms with van der Waals surface area (Å²) in [7, 11) is 2.33. The van der Waals surface area contributed by atoms with Crippen LogP contribution in [0.25, 0.3) is 0 Å². The zero-order valence-corrected chi connectivity index (χ0v) is 10.4. The lowest BCUT2D eigenvalue weighted by atomic mass is 10.0. The smallest absolute Gasteiger partial charge is 0.323 e. The number of hydrogen-bond acceptors (Lipinski definition) is 6. The highest BCUT2D eigenvalue weighted by Gasteiger charge is 2.71. The zero-order valence-electron chi connectivity index (χ0n) is 10.4. The van der Waals surface area contributed by atoms with Crippen LogP contribution >= 0.6 is 0 Å². The summed E-state index contributed by atoms with van der Waals surface area (Å²) in [5.74, 6) is -0.391. The second-order valence-corrected chi connectivity index (χ2v) is 3.96. The van der Waals surface area contributed by atoms with E-state index in [2.05, 4.69) is 15.4 Å². The molecule has 18 heavy (non-hydrogen) atoms. The van der Waals surface area contributed by atoms with Gasteiger partial charge < -0.3 is 14.2 Å². The van der Waals surface area contributed by atoms with E-state index in [0.717, 1.165) is 0 Å². The molecule has 1 fully saturated rings. The monoisotopic (exact) mass is 254 g/mol. The summed E-state index contributed by atoms with van der Waals surface area (Å²) in [4.78, 5) is 34.2. The quantitative estimate of drug-likeness (QED) is 0.302. The third kappa shape index (κ3) is 2.16. The molecule has 0 heterocycles. The summed E-state index contributed by atoms with van der Waals surface area (Å²) < 4.78 is 14.0. The molecule has 0 aromatic heterocycles. The molecule has 0 N–H and O–H groups in total. The molecule has 0 radical (unpaired) electrons. The van der Waals surface area contributed by atoms with Gasteiger partial charge in [0.25, 0.3) is 0 Å². The molecule has 1 saturated carbocycles. The second kappa shape index (κ2) is 5.08. The van der Waals surface area contributed by atoms with E-state index in [1.807, 2.05) is 0 Å². The first-order valence-electron chi connectivity index (χ1n) is 5.24. The van der Waals surface area contributed by atoms with E-state index in [4.69, 9.17) is 11.2 Å². The van der Waals surface area contributed by atoms with Gasteiger partial charge in [0.05, 0.1) is 14.2 Å². The van der Waals surface area contributed by atoms with Crippen molar-refractivity contribution in [2.24, 2.45) is 11.3 Å². The summed E-state index contributed by atoms with van der Waals surface area (Å²) in [6, 6.07) is 0. The molecule has 0 amide bonds. The number of esters is 3. The van der Waals surface area contributed by atoms with Crippen molar-refractivity contribution >= 4 is 17.9 Å². The van der Waals surface area contributed by atoms with Gasteiger partial charge in [0.1, 0.15) is 0 Å². The zero-order chi connectivity index (χ0) is 13.9. The predicted octanol–water partition coefficient (Wildman–Crippen LogP) is -0.0964. The molecular weight excluding hydrogens is 240 g/mol. The molecule has 6 heteroatoms. The number of methoxy groups -OCH3 is 2. The topological polar surface area (TPSA) is 78.9 Å². The molecular formula is C12H14O6. The predicted molar refractivity (Wildman–Crippen MR) is 59.0 cm³/mol. The highest BCUT2D eigenvalue weighted by molar-refractivity contribution is 6.04. The van der Waals surface area contributed by atoms with Crippen LogP contribution < -0.4 is 0 Å². The van der Waals surface area contributed by atoms with Crippen LogP contribution in [0, 0.1) is 23.7 Å². The normalized spacial score (nSPS) is 21.1. The van der Waals surface area contributed by atoms with E-state index in [1.165, 1.54) is 21.1 Å². The van der Waals surface area contributed by atoms with Crippen LogP contribution in [-0.4, -0.2) is 38.2 Å². The number of carbonyl (C=O) groups is 3. The first-order chi connectivity index (χ1) is 8.43. The number of carbonyl (C=O) groups excluding carboxylic acids is 3. The highest BCUT2D eigenvalue weighted by Crippen LogP contribution is 2.56. The third-order valence-corrected chi connectivity index (χ3v) is 2.94. The molecule has 0 saturated heterocycles. The van der Waals surface area contributed by atoms with E-state index in [-0.39, 0.29) is 6.42 Å². The first-order valence-corrected chi connectivity index (χ1v) is 5.24. The average molecular weight is 254 g/mol. The lowest BCUT2D eigenvalue weighted by Crippen LogP contribution is -2.34. The molecule has 0 aliphatic heterocycles. The molecule has 1 aliphatic rings. The van der Waals surface area contributed by atoms with Crippen LogP contribution in [0.1, 0.15) is 13.3 Å². The van der Waals surface area contributed by atoms with Crippen molar-refractivity contribution in [3.63, 3.8) is 0 Å². The summed E-state index contributed by atoms with van der Waals surface area (Å²) in [6.45, 7) is 1.20. The van der Waals surface area contributed by atoms with Crippen molar-refractivity contribution in [1.29, 1.82) is 0 Å². The fraction of sp³-hybridized carbons (Fsp3) is 0.583. The van der Waals surface area contributed by atoms with Gasteiger partial charge in [-0.25, -0.2) is 0 Å². The highest BCUT2D eigenvalue weighted by atomic mass is 16.6. The maximum absolute atomic E-state index is 11.7. The Morgan fingerprint density at radius 3 is 2.11 bits per heavy atom. The Morgan fingerprint density at radius 1 is 1.28 bits per heavy atom. The lowest BCUT2D eigenvalue weighted by Gasteiger charge is -2.15. The van der Waals surface area contributed by atoms with Gasteiger partial charge in [-0.1, -0.05) is 5.92 Å². The van der Waals surface area contributed by atoms with E-state index in [0.29, 0.717) is 0 Å². The van der Waals surface area contributed by atoms with Gasteiger partial charge in [-0.2, -0.15) is 0 Å². The van der Waals surface area contributed by atoms with Gasteiger partial charge in [-0.05, 0) is 6.42 Å². The van der Waals surface area contributed by atoms with Gasteiger partial charge in [0, 0.05) is 12.8 Å². The van der Waals surface area contributed by atoms with E-state index < -0.39 is 35.3 Å². The largest absolute Gasteiger partial charge is 0.468 e. The summed E-state index contributed by atoms with van der Waals surface area (Å²) in [5.41, 5.74) is -1.45. The fourth-order valence-corrected chi connectivity index (χ4v) is 1.98. The Balaban J connectivity index is 2.94. The molecule has 0 bridgehead atoms. The van der Waals surface area contributed by atoms with Crippen molar-refractivity contribution < 1.29 is 28.6 Å². The van der Waals surface area contributed by atoms with E-state index in [9.17, 15) is 14.4 Å². The number of rotatable bonds is 4. The second-order valence-electron chi connectivity index (χ2n) is 3.96. The van der Waals surface area contributed by atoms with Gasteiger partial charge >= 0.3 is 17.9 Å². The molecule has 0 aromatic carbocycles. The van der Waals surface area contributed by atoms with Crippen molar-refractivity contribution in [2.45, 2.75) is 19.4 Å². The van der Waals surface area contributed by atoms with Crippen LogP contribution in [0.3, 0.4) is 0 Å². The molecule has 1 rings (SSSR count). The number of ether oxygens (including phenoxy) is 3. The van der Waals surface area contributed by atoms with Gasteiger partial charge in [0.15, 0.2) is 11.5 Å². The summed E-state index contributed by atoms with van der Waals surface area (Å²) in [6.07, 6.45) is 4.44. The Kier molecular flexibility index (Phi) is 3.96. The Labute approximate surface area is 105 Å². The molecule has 2 unspecified atom stereocenters. The minimum atomic E-state index is -1.45. The van der Waals surface area contributed by atoms with Gasteiger partial charge in [-0.15, -0.1) is 6.42 Å². The number of terminal acetylenes is 1.